The minimum absolute atomic E-state index is 0.599. The van der Waals surface area contributed by atoms with E-state index in [-0.39, 0.29) is 0 Å². The summed E-state index contributed by atoms with van der Waals surface area (Å²) in [6, 6.07) is 8.38. The zero-order valence-corrected chi connectivity index (χ0v) is 11.0. The third-order valence-corrected chi connectivity index (χ3v) is 3.45. The number of H-pyrrole nitrogens is 1. The molecule has 4 nitrogen and oxygen atoms in total. The van der Waals surface area contributed by atoms with Crippen molar-refractivity contribution >= 4 is 0 Å². The van der Waals surface area contributed by atoms with Crippen LogP contribution in [0.1, 0.15) is 25.2 Å². The smallest absolute Gasteiger partial charge is 0.126 e. The highest BCUT2D eigenvalue weighted by Gasteiger charge is 2.23. The summed E-state index contributed by atoms with van der Waals surface area (Å²) >= 11 is 0. The van der Waals surface area contributed by atoms with Gasteiger partial charge in [0.2, 0.25) is 0 Å². The van der Waals surface area contributed by atoms with Gasteiger partial charge in [-0.3, -0.25) is 0 Å². The molecule has 3 rings (SSSR count). The quantitative estimate of drug-likeness (QED) is 0.895. The largest absolute Gasteiger partial charge is 0.493 e. The van der Waals surface area contributed by atoms with Crippen LogP contribution in [0.5, 0.6) is 5.75 Å². The Hall–Kier alpha value is -2.28. The Morgan fingerprint density at radius 2 is 2.26 bits per heavy atom. The number of hydrogen-bond donors (Lipinski definition) is 1. The maximum atomic E-state index is 9.13. The van der Waals surface area contributed by atoms with E-state index in [1.165, 1.54) is 5.56 Å². The zero-order chi connectivity index (χ0) is 13.5. The molecule has 0 unspecified atom stereocenters. The summed E-state index contributed by atoms with van der Waals surface area (Å²) in [4.78, 5) is 7.56. The van der Waals surface area contributed by atoms with Crippen molar-refractivity contribution in [2.75, 3.05) is 6.61 Å². The monoisotopic (exact) mass is 253 g/mol. The average molecular weight is 253 g/mol. The van der Waals surface area contributed by atoms with Crippen molar-refractivity contribution in [3.63, 3.8) is 0 Å². The van der Waals surface area contributed by atoms with E-state index in [4.69, 9.17) is 10.00 Å². The lowest BCUT2D eigenvalue weighted by Crippen LogP contribution is -2.15. The normalized spacial score (nSPS) is 13.7. The van der Waals surface area contributed by atoms with Gasteiger partial charge in [0.15, 0.2) is 0 Å². The lowest BCUT2D eigenvalue weighted by atomic mass is 9.95. The minimum atomic E-state index is -0.599. The summed E-state index contributed by atoms with van der Waals surface area (Å²) in [5, 5.41) is 9.13. The molecular weight excluding hydrogens is 238 g/mol. The lowest BCUT2D eigenvalue weighted by molar-refractivity contribution is 0.357. The number of nitrogens with zero attached hydrogens (tertiary/aromatic N) is 2. The molecule has 2 heterocycles. The predicted molar refractivity (Wildman–Crippen MR) is 71.9 cm³/mol. The molecule has 19 heavy (non-hydrogen) atoms. The predicted octanol–water partition coefficient (Wildman–Crippen LogP) is 2.81. The molecule has 1 aromatic carbocycles. The molecule has 0 amide bonds. The molecule has 1 N–H and O–H groups in total. The van der Waals surface area contributed by atoms with E-state index in [1.54, 1.807) is 6.20 Å². The van der Waals surface area contributed by atoms with E-state index >= 15 is 0 Å². The number of fused-ring (bicyclic) bond motifs is 1. The first-order valence-corrected chi connectivity index (χ1v) is 6.33. The van der Waals surface area contributed by atoms with E-state index in [1.807, 2.05) is 26.0 Å². The molecule has 0 bridgehead atoms. The summed E-state index contributed by atoms with van der Waals surface area (Å²) in [5.41, 5.74) is 2.65. The van der Waals surface area contributed by atoms with Crippen LogP contribution in [-0.4, -0.2) is 16.6 Å². The van der Waals surface area contributed by atoms with Crippen LogP contribution in [0, 0.1) is 11.3 Å². The number of imidazole rings is 1. The maximum absolute atomic E-state index is 9.13. The second-order valence-corrected chi connectivity index (χ2v) is 5.30. The maximum Gasteiger partial charge on any atom is 0.126 e. The first kappa shape index (κ1) is 11.8. The van der Waals surface area contributed by atoms with Crippen LogP contribution in [0.4, 0.5) is 0 Å². The first-order chi connectivity index (χ1) is 9.10. The summed E-state index contributed by atoms with van der Waals surface area (Å²) in [5.74, 6) is 1.67. The van der Waals surface area contributed by atoms with Gasteiger partial charge in [0.05, 0.1) is 24.6 Å². The van der Waals surface area contributed by atoms with Crippen molar-refractivity contribution in [1.82, 2.24) is 9.97 Å². The summed E-state index contributed by atoms with van der Waals surface area (Å²) in [6.07, 6.45) is 2.74. The van der Waals surface area contributed by atoms with Gasteiger partial charge in [0, 0.05) is 12.0 Å². The number of nitrogens with one attached hydrogen (secondary N) is 1. The molecule has 0 radical (unpaired) electrons. The van der Waals surface area contributed by atoms with Gasteiger partial charge < -0.3 is 9.72 Å². The highest BCUT2D eigenvalue weighted by molar-refractivity contribution is 5.62. The molecule has 0 atom stereocenters. The first-order valence-electron chi connectivity index (χ1n) is 6.33. The second-order valence-electron chi connectivity index (χ2n) is 5.30. The molecular formula is C15H15N3O. The van der Waals surface area contributed by atoms with Crippen LogP contribution < -0.4 is 4.74 Å². The van der Waals surface area contributed by atoms with Gasteiger partial charge in [-0.25, -0.2) is 4.98 Å². The van der Waals surface area contributed by atoms with E-state index in [2.05, 4.69) is 22.1 Å². The van der Waals surface area contributed by atoms with Crippen molar-refractivity contribution in [2.45, 2.75) is 25.7 Å². The Morgan fingerprint density at radius 1 is 1.42 bits per heavy atom. The van der Waals surface area contributed by atoms with Gasteiger partial charge in [0.25, 0.3) is 0 Å². The van der Waals surface area contributed by atoms with Crippen molar-refractivity contribution in [3.8, 4) is 23.1 Å². The molecule has 0 spiro atoms. The van der Waals surface area contributed by atoms with Gasteiger partial charge in [-0.15, -0.1) is 0 Å². The van der Waals surface area contributed by atoms with E-state index in [0.717, 1.165) is 30.0 Å². The van der Waals surface area contributed by atoms with Gasteiger partial charge in [-0.05, 0) is 37.6 Å². The van der Waals surface area contributed by atoms with Gasteiger partial charge >= 0.3 is 0 Å². The lowest BCUT2D eigenvalue weighted by Gasteiger charge is -2.10. The molecule has 4 heteroatoms. The van der Waals surface area contributed by atoms with Crippen LogP contribution in [0.3, 0.4) is 0 Å². The Bertz CT molecular complexity index is 664. The van der Waals surface area contributed by atoms with Crippen molar-refractivity contribution in [1.29, 1.82) is 5.26 Å². The minimum Gasteiger partial charge on any atom is -0.493 e. The topological polar surface area (TPSA) is 61.7 Å². The Morgan fingerprint density at radius 3 is 3.05 bits per heavy atom. The van der Waals surface area contributed by atoms with E-state index in [0.29, 0.717) is 5.82 Å². The fraction of sp³-hybridized carbons (Fsp3) is 0.333. The Kier molecular flexibility index (Phi) is 2.56. The number of benzene rings is 1. The average Bonchev–Trinajstić information content (AvgIpc) is 3.06. The van der Waals surface area contributed by atoms with Crippen molar-refractivity contribution in [3.05, 3.63) is 35.8 Å². The van der Waals surface area contributed by atoms with Gasteiger partial charge in [-0.1, -0.05) is 0 Å². The van der Waals surface area contributed by atoms with Crippen LogP contribution in [0.2, 0.25) is 0 Å². The molecule has 1 aliphatic rings. The number of nitriles is 1. The molecule has 96 valence electrons. The van der Waals surface area contributed by atoms with Crippen molar-refractivity contribution < 1.29 is 4.74 Å². The highest BCUT2D eigenvalue weighted by atomic mass is 16.5. The highest BCUT2D eigenvalue weighted by Crippen LogP contribution is 2.30. The van der Waals surface area contributed by atoms with Crippen LogP contribution in [-0.2, 0) is 11.8 Å². The Labute approximate surface area is 112 Å². The van der Waals surface area contributed by atoms with Crippen LogP contribution in [0.25, 0.3) is 11.3 Å². The fourth-order valence-corrected chi connectivity index (χ4v) is 2.19. The fourth-order valence-electron chi connectivity index (χ4n) is 2.19. The molecule has 0 saturated heterocycles. The van der Waals surface area contributed by atoms with Crippen LogP contribution in [0.15, 0.2) is 24.4 Å². The number of rotatable bonds is 2. The SMILES string of the molecule is CC(C)(C#N)c1ncc(-c2ccc3c(c2)CCO3)[nH]1. The molecule has 2 aromatic rings. The number of hydrogen-bond acceptors (Lipinski definition) is 3. The summed E-state index contributed by atoms with van der Waals surface area (Å²) < 4.78 is 5.50. The van der Waals surface area contributed by atoms with E-state index < -0.39 is 5.41 Å². The van der Waals surface area contributed by atoms with Gasteiger partial charge in [0.1, 0.15) is 17.0 Å². The number of ether oxygens (including phenoxy) is 1. The zero-order valence-electron chi connectivity index (χ0n) is 11.0. The number of aromatic amines is 1. The third-order valence-electron chi connectivity index (χ3n) is 3.45. The third kappa shape index (κ3) is 1.97. The summed E-state index contributed by atoms with van der Waals surface area (Å²) in [6.45, 7) is 4.47. The standard InChI is InChI=1S/C15H15N3O/c1-15(2,9-16)14-17-8-12(18-14)10-3-4-13-11(7-10)5-6-19-13/h3-4,7-8H,5-6H2,1-2H3,(H,17,18). The molecule has 1 aromatic heterocycles. The summed E-state index contributed by atoms with van der Waals surface area (Å²) in [7, 11) is 0. The second kappa shape index (κ2) is 4.13. The molecule has 1 aliphatic heterocycles. The van der Waals surface area contributed by atoms with Crippen LogP contribution >= 0.6 is 0 Å². The van der Waals surface area contributed by atoms with E-state index in [9.17, 15) is 0 Å². The van der Waals surface area contributed by atoms with Crippen molar-refractivity contribution in [2.24, 2.45) is 0 Å². The van der Waals surface area contributed by atoms with Gasteiger partial charge in [-0.2, -0.15) is 5.26 Å². The number of aromatic nitrogens is 2. The Balaban J connectivity index is 1.98. The molecule has 0 saturated carbocycles. The molecule has 0 fully saturated rings. The molecule has 0 aliphatic carbocycles.